The molecule has 7 aromatic rings. The Balaban J connectivity index is 1.48. The number of hydrogen-bond acceptors (Lipinski definition) is 5. The van der Waals surface area contributed by atoms with E-state index in [9.17, 15) is 0 Å². The predicted molar refractivity (Wildman–Crippen MR) is 160 cm³/mol. The Bertz CT molecular complexity index is 2030. The molecule has 0 unspecified atom stereocenters. The fourth-order valence-corrected chi connectivity index (χ4v) is 5.97. The lowest BCUT2D eigenvalue weighted by Crippen LogP contribution is -2.11. The van der Waals surface area contributed by atoms with Gasteiger partial charge in [-0.1, -0.05) is 12.1 Å². The van der Waals surface area contributed by atoms with E-state index in [0.717, 1.165) is 66.7 Å². The van der Waals surface area contributed by atoms with Gasteiger partial charge in [-0.25, -0.2) is 0 Å². The molecule has 7 heteroatoms. The fraction of sp³-hybridized carbons (Fsp3) is 0.0312. The number of hydrogen-bond donors (Lipinski definition) is 2. The van der Waals surface area contributed by atoms with Gasteiger partial charge in [0.15, 0.2) is 0 Å². The minimum Gasteiger partial charge on any atom is -0.387 e. The van der Waals surface area contributed by atoms with Crippen LogP contribution in [0, 0.1) is 0 Å². The normalized spacial score (nSPS) is 12.7. The summed E-state index contributed by atoms with van der Waals surface area (Å²) in [5.41, 5.74) is 10.1. The highest BCUT2D eigenvalue weighted by molar-refractivity contribution is 7.80. The number of fused-ring (bicyclic) bond motifs is 6. The van der Waals surface area contributed by atoms with E-state index in [1.54, 1.807) is 0 Å². The molecule has 186 valence electrons. The Labute approximate surface area is 229 Å². The topological polar surface area (TPSA) is 60.6 Å². The van der Waals surface area contributed by atoms with Gasteiger partial charge in [0, 0.05) is 81.7 Å². The van der Waals surface area contributed by atoms with Crippen molar-refractivity contribution in [3.05, 3.63) is 115 Å². The van der Waals surface area contributed by atoms with Gasteiger partial charge < -0.3 is 14.5 Å². The quantitative estimate of drug-likeness (QED) is 0.247. The standard InChI is InChI=1S/C32H22N6S/c39-24-3-1-20(2-4-24)21-13-22(37-29-5-9-33-16-25(29)26-17-34-10-6-30(26)37)15-23(14-21)38-31-7-11-35-18-27(31)28-19-36-12-8-32(28)38/h1-18,36,39H,19H2. The molecule has 0 bridgehead atoms. The minimum absolute atomic E-state index is 0.768. The molecule has 0 spiro atoms. The van der Waals surface area contributed by atoms with Crippen LogP contribution in [0.3, 0.4) is 0 Å². The summed E-state index contributed by atoms with van der Waals surface area (Å²) < 4.78 is 4.66. The first-order valence-corrected chi connectivity index (χ1v) is 13.2. The number of aromatic nitrogens is 5. The molecule has 1 aliphatic rings. The molecular formula is C32H22N6S. The van der Waals surface area contributed by atoms with Crippen LogP contribution < -0.4 is 5.32 Å². The Morgan fingerprint density at radius 2 is 1.23 bits per heavy atom. The van der Waals surface area contributed by atoms with Gasteiger partial charge in [0.2, 0.25) is 0 Å². The Hall–Kier alpha value is -4.88. The third-order valence-electron chi connectivity index (χ3n) is 7.54. The average molecular weight is 523 g/mol. The van der Waals surface area contributed by atoms with Crippen LogP contribution >= 0.6 is 12.6 Å². The molecule has 6 heterocycles. The number of nitrogens with one attached hydrogen (secondary N) is 1. The second-order valence-electron chi connectivity index (χ2n) is 9.71. The molecule has 1 N–H and O–H groups in total. The monoisotopic (exact) mass is 522 g/mol. The number of benzene rings is 2. The molecule has 2 aromatic carbocycles. The Kier molecular flexibility index (Phi) is 4.87. The lowest BCUT2D eigenvalue weighted by atomic mass is 10.0. The summed E-state index contributed by atoms with van der Waals surface area (Å²) in [5, 5.41) is 6.69. The molecule has 8 rings (SSSR count). The summed E-state index contributed by atoms with van der Waals surface area (Å²) in [6.45, 7) is 0.768. The van der Waals surface area contributed by atoms with Crippen LogP contribution in [0.4, 0.5) is 0 Å². The maximum atomic E-state index is 4.52. The molecule has 5 aromatic heterocycles. The molecule has 1 aliphatic heterocycles. The van der Waals surface area contributed by atoms with Crippen LogP contribution in [0.5, 0.6) is 0 Å². The SMILES string of the molecule is Sc1ccc(-c2cc(-n3c4c(c5cnccc53)CNC=C4)cc(-n3c4ccncc4c4cnccc43)c2)cc1. The first-order chi connectivity index (χ1) is 19.3. The van der Waals surface area contributed by atoms with Crippen LogP contribution in [0.1, 0.15) is 11.3 Å². The van der Waals surface area contributed by atoms with Crippen molar-refractivity contribution in [1.29, 1.82) is 0 Å². The highest BCUT2D eigenvalue weighted by Gasteiger charge is 2.20. The van der Waals surface area contributed by atoms with Crippen molar-refractivity contribution in [2.24, 2.45) is 0 Å². The summed E-state index contributed by atoms with van der Waals surface area (Å²) in [4.78, 5) is 14.2. The maximum absolute atomic E-state index is 4.52. The molecule has 0 amide bonds. The second kappa shape index (κ2) is 8.58. The molecule has 0 saturated heterocycles. The van der Waals surface area contributed by atoms with E-state index >= 15 is 0 Å². The number of rotatable bonds is 3. The molecule has 0 atom stereocenters. The minimum atomic E-state index is 0.768. The van der Waals surface area contributed by atoms with Gasteiger partial charge in [-0.2, -0.15) is 0 Å². The van der Waals surface area contributed by atoms with Crippen LogP contribution in [-0.4, -0.2) is 24.1 Å². The van der Waals surface area contributed by atoms with Gasteiger partial charge >= 0.3 is 0 Å². The summed E-state index contributed by atoms with van der Waals surface area (Å²) >= 11 is 4.52. The summed E-state index contributed by atoms with van der Waals surface area (Å²) in [6, 6.07) is 21.4. The highest BCUT2D eigenvalue weighted by atomic mass is 32.1. The van der Waals surface area contributed by atoms with Crippen molar-refractivity contribution in [2.75, 3.05) is 0 Å². The molecule has 0 aliphatic carbocycles. The van der Waals surface area contributed by atoms with E-state index in [1.807, 2.05) is 55.5 Å². The van der Waals surface area contributed by atoms with E-state index in [-0.39, 0.29) is 0 Å². The van der Waals surface area contributed by atoms with Crippen molar-refractivity contribution in [2.45, 2.75) is 11.4 Å². The highest BCUT2D eigenvalue weighted by Crippen LogP contribution is 2.37. The van der Waals surface area contributed by atoms with Crippen LogP contribution in [0.2, 0.25) is 0 Å². The maximum Gasteiger partial charge on any atom is 0.0572 e. The van der Waals surface area contributed by atoms with E-state index in [0.29, 0.717) is 0 Å². The van der Waals surface area contributed by atoms with Crippen LogP contribution in [-0.2, 0) is 6.54 Å². The molecule has 0 saturated carbocycles. The van der Waals surface area contributed by atoms with Gasteiger partial charge in [-0.3, -0.25) is 15.0 Å². The second-order valence-corrected chi connectivity index (χ2v) is 10.2. The Morgan fingerprint density at radius 1 is 0.641 bits per heavy atom. The predicted octanol–water partition coefficient (Wildman–Crippen LogP) is 6.94. The van der Waals surface area contributed by atoms with Gasteiger partial charge in [0.05, 0.1) is 22.2 Å². The molecule has 0 radical (unpaired) electrons. The zero-order chi connectivity index (χ0) is 25.9. The molecule has 0 fully saturated rings. The first kappa shape index (κ1) is 22.1. The third kappa shape index (κ3) is 3.40. The van der Waals surface area contributed by atoms with E-state index in [1.165, 1.54) is 11.3 Å². The van der Waals surface area contributed by atoms with E-state index in [4.69, 9.17) is 0 Å². The molecule has 6 nitrogen and oxygen atoms in total. The van der Waals surface area contributed by atoms with E-state index < -0.39 is 0 Å². The van der Waals surface area contributed by atoms with Gasteiger partial charge in [0.1, 0.15) is 0 Å². The zero-order valence-electron chi connectivity index (χ0n) is 20.8. The number of nitrogens with zero attached hydrogens (tertiary/aromatic N) is 5. The fourth-order valence-electron chi connectivity index (χ4n) is 5.82. The van der Waals surface area contributed by atoms with Crippen LogP contribution in [0.15, 0.2) is 109 Å². The third-order valence-corrected chi connectivity index (χ3v) is 7.84. The zero-order valence-corrected chi connectivity index (χ0v) is 21.7. The average Bonchev–Trinajstić information content (AvgIpc) is 3.51. The van der Waals surface area contributed by atoms with Crippen molar-refractivity contribution in [3.8, 4) is 22.5 Å². The van der Waals surface area contributed by atoms with Crippen LogP contribution in [0.25, 0.3) is 61.3 Å². The Morgan fingerprint density at radius 3 is 1.90 bits per heavy atom. The number of pyridine rings is 3. The molecule has 39 heavy (non-hydrogen) atoms. The van der Waals surface area contributed by atoms with Gasteiger partial charge in [-0.05, 0) is 71.9 Å². The summed E-state index contributed by atoms with van der Waals surface area (Å²) in [5.74, 6) is 0. The van der Waals surface area contributed by atoms with Crippen molar-refractivity contribution in [1.82, 2.24) is 29.4 Å². The lowest BCUT2D eigenvalue weighted by Gasteiger charge is -2.17. The number of thiol groups is 1. The smallest absolute Gasteiger partial charge is 0.0572 e. The van der Waals surface area contributed by atoms with Gasteiger partial charge in [0.25, 0.3) is 0 Å². The van der Waals surface area contributed by atoms with E-state index in [2.05, 4.69) is 96.6 Å². The van der Waals surface area contributed by atoms with Crippen molar-refractivity contribution < 1.29 is 0 Å². The van der Waals surface area contributed by atoms with Crippen molar-refractivity contribution in [3.63, 3.8) is 0 Å². The van der Waals surface area contributed by atoms with Crippen molar-refractivity contribution >= 4 is 51.4 Å². The molecular weight excluding hydrogens is 500 g/mol. The first-order valence-electron chi connectivity index (χ1n) is 12.8. The largest absolute Gasteiger partial charge is 0.387 e. The summed E-state index contributed by atoms with van der Waals surface area (Å²) in [6.07, 6.45) is 15.6. The van der Waals surface area contributed by atoms with Gasteiger partial charge in [-0.15, -0.1) is 12.6 Å². The summed E-state index contributed by atoms with van der Waals surface area (Å²) in [7, 11) is 0. The lowest BCUT2D eigenvalue weighted by molar-refractivity contribution is 0.855.